The average Bonchev–Trinajstić information content (AvgIpc) is 3.01. The van der Waals surface area contributed by atoms with Crippen molar-refractivity contribution in [1.29, 1.82) is 0 Å². The minimum absolute atomic E-state index is 0.296. The van der Waals surface area contributed by atoms with Gasteiger partial charge in [0.2, 0.25) is 0 Å². The Labute approximate surface area is 124 Å². The Kier molecular flexibility index (Phi) is 3.81. The van der Waals surface area contributed by atoms with Gasteiger partial charge in [0.05, 0.1) is 12.6 Å². The molecule has 1 aliphatic rings. The first kappa shape index (κ1) is 13.7. The Morgan fingerprint density at radius 3 is 2.85 bits per heavy atom. The van der Waals surface area contributed by atoms with Crippen LogP contribution in [0.2, 0.25) is 0 Å². The van der Waals surface area contributed by atoms with Crippen LogP contribution in [-0.2, 0) is 6.42 Å². The fourth-order valence-corrected chi connectivity index (χ4v) is 4.04. The van der Waals surface area contributed by atoms with Crippen molar-refractivity contribution >= 4 is 11.3 Å². The minimum atomic E-state index is 0.296. The summed E-state index contributed by atoms with van der Waals surface area (Å²) in [5.41, 5.74) is 4.08. The Morgan fingerprint density at radius 2 is 2.15 bits per heavy atom. The van der Waals surface area contributed by atoms with Crippen LogP contribution in [0.15, 0.2) is 24.3 Å². The highest BCUT2D eigenvalue weighted by Gasteiger charge is 2.20. The molecule has 2 aromatic rings. The van der Waals surface area contributed by atoms with E-state index in [0.29, 0.717) is 6.04 Å². The molecule has 1 aromatic carbocycles. The van der Waals surface area contributed by atoms with Gasteiger partial charge < -0.3 is 10.1 Å². The molecule has 0 bridgehead atoms. The molecule has 1 unspecified atom stereocenters. The molecule has 0 saturated heterocycles. The Morgan fingerprint density at radius 1 is 1.30 bits per heavy atom. The summed E-state index contributed by atoms with van der Waals surface area (Å²) >= 11 is 1.90. The van der Waals surface area contributed by atoms with Crippen LogP contribution < -0.4 is 10.1 Å². The summed E-state index contributed by atoms with van der Waals surface area (Å²) in [6.07, 6.45) is 1.03. The quantitative estimate of drug-likeness (QED) is 0.917. The SMILES string of the molecule is CCNC(c1ccc2c(c1)CCO2)c1sc(C)cc1C. The van der Waals surface area contributed by atoms with Crippen LogP contribution in [0.25, 0.3) is 0 Å². The van der Waals surface area contributed by atoms with E-state index in [1.54, 1.807) is 0 Å². The lowest BCUT2D eigenvalue weighted by molar-refractivity contribution is 0.357. The molecule has 2 heterocycles. The van der Waals surface area contributed by atoms with E-state index < -0.39 is 0 Å². The molecule has 2 nitrogen and oxygen atoms in total. The molecule has 1 atom stereocenters. The maximum atomic E-state index is 5.61. The maximum Gasteiger partial charge on any atom is 0.122 e. The molecule has 0 radical (unpaired) electrons. The Bertz CT molecular complexity index is 617. The van der Waals surface area contributed by atoms with Crippen molar-refractivity contribution in [3.63, 3.8) is 0 Å². The third kappa shape index (κ3) is 2.48. The topological polar surface area (TPSA) is 21.3 Å². The maximum absolute atomic E-state index is 5.61. The molecular weight excluding hydrogens is 266 g/mol. The molecule has 1 aromatic heterocycles. The molecule has 1 N–H and O–H groups in total. The lowest BCUT2D eigenvalue weighted by Gasteiger charge is -2.19. The third-order valence-corrected chi connectivity index (χ3v) is 5.01. The first-order valence-electron chi connectivity index (χ1n) is 7.25. The molecule has 20 heavy (non-hydrogen) atoms. The number of nitrogens with one attached hydrogen (secondary N) is 1. The Hall–Kier alpha value is -1.32. The summed E-state index contributed by atoms with van der Waals surface area (Å²) in [5.74, 6) is 1.06. The lowest BCUT2D eigenvalue weighted by atomic mass is 9.99. The second-order valence-electron chi connectivity index (χ2n) is 5.36. The van der Waals surface area contributed by atoms with Gasteiger partial charge in [-0.1, -0.05) is 19.1 Å². The van der Waals surface area contributed by atoms with Gasteiger partial charge >= 0.3 is 0 Å². The smallest absolute Gasteiger partial charge is 0.122 e. The zero-order chi connectivity index (χ0) is 14.1. The highest BCUT2D eigenvalue weighted by atomic mass is 32.1. The summed E-state index contributed by atoms with van der Waals surface area (Å²) in [6, 6.07) is 9.21. The van der Waals surface area contributed by atoms with E-state index in [-0.39, 0.29) is 0 Å². The van der Waals surface area contributed by atoms with Crippen LogP contribution in [-0.4, -0.2) is 13.2 Å². The van der Waals surface area contributed by atoms with Gasteiger partial charge in [0.25, 0.3) is 0 Å². The number of rotatable bonds is 4. The highest BCUT2D eigenvalue weighted by Crippen LogP contribution is 2.35. The molecule has 3 rings (SSSR count). The molecular formula is C17H21NOS. The van der Waals surface area contributed by atoms with Crippen molar-refractivity contribution in [2.75, 3.05) is 13.2 Å². The van der Waals surface area contributed by atoms with Crippen LogP contribution in [0.1, 0.15) is 39.4 Å². The second-order valence-corrected chi connectivity index (χ2v) is 6.65. The summed E-state index contributed by atoms with van der Waals surface area (Å²) in [4.78, 5) is 2.81. The van der Waals surface area contributed by atoms with Gasteiger partial charge in [-0.3, -0.25) is 0 Å². The predicted molar refractivity (Wildman–Crippen MR) is 85.0 cm³/mol. The summed E-state index contributed by atoms with van der Waals surface area (Å²) in [5, 5.41) is 3.63. The molecule has 0 fully saturated rings. The van der Waals surface area contributed by atoms with E-state index in [9.17, 15) is 0 Å². The molecule has 3 heteroatoms. The first-order valence-corrected chi connectivity index (χ1v) is 8.06. The number of ether oxygens (including phenoxy) is 1. The summed E-state index contributed by atoms with van der Waals surface area (Å²) in [7, 11) is 0. The van der Waals surface area contributed by atoms with Crippen LogP contribution in [0.4, 0.5) is 0 Å². The van der Waals surface area contributed by atoms with Crippen LogP contribution >= 0.6 is 11.3 Å². The fraction of sp³-hybridized carbons (Fsp3) is 0.412. The van der Waals surface area contributed by atoms with Crippen molar-refractivity contribution in [1.82, 2.24) is 5.32 Å². The van der Waals surface area contributed by atoms with Crippen LogP contribution in [0.3, 0.4) is 0 Å². The van der Waals surface area contributed by atoms with Gasteiger partial charge in [-0.2, -0.15) is 0 Å². The van der Waals surface area contributed by atoms with Crippen molar-refractivity contribution < 1.29 is 4.74 Å². The second kappa shape index (κ2) is 5.58. The third-order valence-electron chi connectivity index (χ3n) is 3.80. The van der Waals surface area contributed by atoms with Gasteiger partial charge in [-0.05, 0) is 49.2 Å². The Balaban J connectivity index is 2.00. The van der Waals surface area contributed by atoms with Gasteiger partial charge in [-0.25, -0.2) is 0 Å². The molecule has 1 aliphatic heterocycles. The normalized spacial score (nSPS) is 14.9. The van der Waals surface area contributed by atoms with E-state index in [1.165, 1.54) is 26.4 Å². The number of fused-ring (bicyclic) bond motifs is 1. The van der Waals surface area contributed by atoms with E-state index in [0.717, 1.165) is 25.3 Å². The van der Waals surface area contributed by atoms with Crippen molar-refractivity contribution in [2.45, 2.75) is 33.2 Å². The highest BCUT2D eigenvalue weighted by molar-refractivity contribution is 7.12. The van der Waals surface area contributed by atoms with E-state index in [1.807, 2.05) is 11.3 Å². The van der Waals surface area contributed by atoms with Crippen molar-refractivity contribution in [2.24, 2.45) is 0 Å². The average molecular weight is 287 g/mol. The van der Waals surface area contributed by atoms with Crippen LogP contribution in [0, 0.1) is 13.8 Å². The number of thiophene rings is 1. The van der Waals surface area contributed by atoms with E-state index in [2.05, 4.69) is 50.4 Å². The van der Waals surface area contributed by atoms with Crippen molar-refractivity contribution in [3.05, 3.63) is 50.7 Å². The number of hydrogen-bond donors (Lipinski definition) is 1. The summed E-state index contributed by atoms with van der Waals surface area (Å²) < 4.78 is 5.61. The molecule has 0 saturated carbocycles. The zero-order valence-corrected chi connectivity index (χ0v) is 13.1. The van der Waals surface area contributed by atoms with Gasteiger partial charge in [0, 0.05) is 16.2 Å². The van der Waals surface area contributed by atoms with Gasteiger partial charge in [0.15, 0.2) is 0 Å². The van der Waals surface area contributed by atoms with Crippen LogP contribution in [0.5, 0.6) is 5.75 Å². The monoisotopic (exact) mass is 287 g/mol. The number of aryl methyl sites for hydroxylation is 2. The predicted octanol–water partition coefficient (Wildman–Crippen LogP) is 4.00. The molecule has 0 amide bonds. The van der Waals surface area contributed by atoms with Crippen molar-refractivity contribution in [3.8, 4) is 5.75 Å². The van der Waals surface area contributed by atoms with Gasteiger partial charge in [0.1, 0.15) is 5.75 Å². The van der Waals surface area contributed by atoms with Gasteiger partial charge in [-0.15, -0.1) is 11.3 Å². The largest absolute Gasteiger partial charge is 0.493 e. The first-order chi connectivity index (χ1) is 9.69. The zero-order valence-electron chi connectivity index (χ0n) is 12.3. The molecule has 0 aliphatic carbocycles. The number of hydrogen-bond acceptors (Lipinski definition) is 3. The molecule has 0 spiro atoms. The summed E-state index contributed by atoms with van der Waals surface area (Å²) in [6.45, 7) is 8.34. The minimum Gasteiger partial charge on any atom is -0.493 e. The van der Waals surface area contributed by atoms with E-state index >= 15 is 0 Å². The lowest BCUT2D eigenvalue weighted by Crippen LogP contribution is -2.21. The fourth-order valence-electron chi connectivity index (χ4n) is 2.90. The van der Waals surface area contributed by atoms with E-state index in [4.69, 9.17) is 4.74 Å². The number of benzene rings is 1. The molecule has 106 valence electrons. The standard InChI is InChI=1S/C17H21NOS/c1-4-18-16(17-11(2)9-12(3)20-17)14-5-6-15-13(10-14)7-8-19-15/h5-6,9-10,16,18H,4,7-8H2,1-3H3.